The summed E-state index contributed by atoms with van der Waals surface area (Å²) in [5.74, 6) is 3.52. The molecule has 1 aliphatic rings. The van der Waals surface area contributed by atoms with E-state index >= 15 is 0 Å². The van der Waals surface area contributed by atoms with Crippen LogP contribution in [0.5, 0.6) is 23.0 Å². The summed E-state index contributed by atoms with van der Waals surface area (Å²) in [6.45, 7) is 6.17. The second kappa shape index (κ2) is 11.1. The van der Waals surface area contributed by atoms with Crippen LogP contribution in [0.1, 0.15) is 37.6 Å². The zero-order valence-electron chi connectivity index (χ0n) is 20.6. The highest BCUT2D eigenvalue weighted by Crippen LogP contribution is 2.33. The molecule has 9 heteroatoms. The molecule has 0 aliphatic carbocycles. The van der Waals surface area contributed by atoms with Crippen molar-refractivity contribution in [3.05, 3.63) is 47.9 Å². The van der Waals surface area contributed by atoms with Crippen molar-refractivity contribution in [2.24, 2.45) is 0 Å². The van der Waals surface area contributed by atoms with Crippen LogP contribution in [0, 0.1) is 0 Å². The summed E-state index contributed by atoms with van der Waals surface area (Å²) in [6.07, 6.45) is 1.06. The highest BCUT2D eigenvalue weighted by atomic mass is 16.5. The summed E-state index contributed by atoms with van der Waals surface area (Å²) in [4.78, 5) is 19.1. The number of aromatic nitrogens is 2. The number of likely N-dealkylation sites (tertiary alicyclic amines) is 1. The van der Waals surface area contributed by atoms with E-state index in [0.29, 0.717) is 62.4 Å². The molecule has 9 nitrogen and oxygen atoms in total. The van der Waals surface area contributed by atoms with Crippen LogP contribution in [-0.2, 0) is 11.2 Å². The lowest BCUT2D eigenvalue weighted by Gasteiger charge is -2.17. The number of ether oxygens (including phenoxy) is 4. The Kier molecular flexibility index (Phi) is 7.74. The van der Waals surface area contributed by atoms with Gasteiger partial charge in [-0.3, -0.25) is 4.79 Å². The molecule has 1 aromatic heterocycles. The van der Waals surface area contributed by atoms with Gasteiger partial charge in [-0.05, 0) is 56.2 Å². The Bertz CT molecular complexity index is 1160. The van der Waals surface area contributed by atoms with E-state index in [1.807, 2.05) is 43.0 Å². The molecule has 1 atom stereocenters. The van der Waals surface area contributed by atoms with E-state index in [1.54, 1.807) is 26.4 Å². The molecule has 2 aromatic carbocycles. The molecule has 0 bridgehead atoms. The molecule has 4 rings (SSSR count). The molecule has 1 aliphatic heterocycles. The number of methoxy groups -OCH3 is 2. The Balaban J connectivity index is 1.40. The van der Waals surface area contributed by atoms with Crippen LogP contribution in [0.25, 0.3) is 11.4 Å². The first-order chi connectivity index (χ1) is 17.1. The van der Waals surface area contributed by atoms with Gasteiger partial charge in [0.05, 0.1) is 33.4 Å². The third-order valence-electron chi connectivity index (χ3n) is 5.93. The average molecular weight is 482 g/mol. The van der Waals surface area contributed by atoms with E-state index < -0.39 is 0 Å². The highest BCUT2D eigenvalue weighted by molar-refractivity contribution is 5.79. The Morgan fingerprint density at radius 2 is 1.71 bits per heavy atom. The monoisotopic (exact) mass is 481 g/mol. The standard InChI is InChI=1S/C26H31N3O6/c1-5-33-21-9-7-17(13-23(21)34-6-2)11-12-29-16-19(15-24(29)30)26-27-25(28-35-26)18-8-10-20(31-3)22(14-18)32-4/h7-10,13-14,19H,5-6,11-12,15-16H2,1-4H3. The van der Waals surface area contributed by atoms with Gasteiger partial charge in [-0.2, -0.15) is 4.98 Å². The lowest BCUT2D eigenvalue weighted by Crippen LogP contribution is -2.27. The maximum Gasteiger partial charge on any atom is 0.232 e. The van der Waals surface area contributed by atoms with Gasteiger partial charge in [0, 0.05) is 25.1 Å². The fourth-order valence-electron chi connectivity index (χ4n) is 4.16. The van der Waals surface area contributed by atoms with E-state index in [0.717, 1.165) is 22.6 Å². The number of nitrogens with zero attached hydrogens (tertiary/aromatic N) is 3. The SMILES string of the molecule is CCOc1ccc(CCN2CC(c3nc(-c4ccc(OC)c(OC)c4)no3)CC2=O)cc1OCC. The lowest BCUT2D eigenvalue weighted by atomic mass is 10.1. The summed E-state index contributed by atoms with van der Waals surface area (Å²) in [6, 6.07) is 11.4. The Morgan fingerprint density at radius 3 is 2.46 bits per heavy atom. The van der Waals surface area contributed by atoms with Crippen molar-refractivity contribution in [1.82, 2.24) is 15.0 Å². The number of benzene rings is 2. The second-order valence-electron chi connectivity index (χ2n) is 8.16. The zero-order valence-corrected chi connectivity index (χ0v) is 20.6. The lowest BCUT2D eigenvalue weighted by molar-refractivity contribution is -0.127. The molecular weight excluding hydrogens is 450 g/mol. The minimum atomic E-state index is -0.136. The third-order valence-corrected chi connectivity index (χ3v) is 5.93. The molecular formula is C26H31N3O6. The van der Waals surface area contributed by atoms with Gasteiger partial charge in [0.25, 0.3) is 0 Å². The van der Waals surface area contributed by atoms with Gasteiger partial charge in [0.15, 0.2) is 23.0 Å². The van der Waals surface area contributed by atoms with Crippen molar-refractivity contribution in [2.45, 2.75) is 32.6 Å². The molecule has 0 spiro atoms. The maximum absolute atomic E-state index is 12.7. The minimum Gasteiger partial charge on any atom is -0.493 e. The molecule has 0 N–H and O–H groups in total. The molecule has 0 radical (unpaired) electrons. The first-order valence-corrected chi connectivity index (χ1v) is 11.8. The Hall–Kier alpha value is -3.75. The van der Waals surface area contributed by atoms with Gasteiger partial charge in [-0.15, -0.1) is 0 Å². The highest BCUT2D eigenvalue weighted by Gasteiger charge is 2.34. The quantitative estimate of drug-likeness (QED) is 0.404. The summed E-state index contributed by atoms with van der Waals surface area (Å²) < 4.78 is 27.5. The van der Waals surface area contributed by atoms with Crippen LogP contribution in [0.15, 0.2) is 40.9 Å². The van der Waals surface area contributed by atoms with Crippen molar-refractivity contribution in [2.75, 3.05) is 40.5 Å². The van der Waals surface area contributed by atoms with E-state index in [4.69, 9.17) is 23.5 Å². The minimum absolute atomic E-state index is 0.0804. The van der Waals surface area contributed by atoms with E-state index in [9.17, 15) is 4.79 Å². The van der Waals surface area contributed by atoms with E-state index in [2.05, 4.69) is 10.1 Å². The fraction of sp³-hybridized carbons (Fsp3) is 0.423. The molecule has 1 amide bonds. The third kappa shape index (κ3) is 5.50. The van der Waals surface area contributed by atoms with Crippen molar-refractivity contribution in [1.29, 1.82) is 0 Å². The van der Waals surface area contributed by atoms with Crippen LogP contribution < -0.4 is 18.9 Å². The van der Waals surface area contributed by atoms with Crippen LogP contribution in [0.3, 0.4) is 0 Å². The van der Waals surface area contributed by atoms with Crippen molar-refractivity contribution >= 4 is 5.91 Å². The Morgan fingerprint density at radius 1 is 0.971 bits per heavy atom. The molecule has 1 unspecified atom stereocenters. The molecule has 1 saturated heterocycles. The van der Waals surface area contributed by atoms with Crippen LogP contribution in [0.2, 0.25) is 0 Å². The zero-order chi connectivity index (χ0) is 24.8. The van der Waals surface area contributed by atoms with Crippen molar-refractivity contribution < 1.29 is 28.3 Å². The Labute approximate surface area is 204 Å². The largest absolute Gasteiger partial charge is 0.493 e. The van der Waals surface area contributed by atoms with Gasteiger partial charge in [0.1, 0.15) is 0 Å². The number of carbonyl (C=O) groups is 1. The first kappa shape index (κ1) is 24.4. The number of amides is 1. The summed E-state index contributed by atoms with van der Waals surface area (Å²) in [5.41, 5.74) is 1.83. The summed E-state index contributed by atoms with van der Waals surface area (Å²) >= 11 is 0. The number of rotatable bonds is 11. The van der Waals surface area contributed by atoms with E-state index in [-0.39, 0.29) is 11.8 Å². The summed E-state index contributed by atoms with van der Waals surface area (Å²) in [5, 5.41) is 4.12. The number of hydrogen-bond donors (Lipinski definition) is 0. The molecule has 35 heavy (non-hydrogen) atoms. The smallest absolute Gasteiger partial charge is 0.232 e. The van der Waals surface area contributed by atoms with Gasteiger partial charge in [0.2, 0.25) is 17.6 Å². The van der Waals surface area contributed by atoms with Crippen LogP contribution in [-0.4, -0.2) is 61.5 Å². The average Bonchev–Trinajstić information content (AvgIpc) is 3.51. The van der Waals surface area contributed by atoms with Crippen molar-refractivity contribution in [3.8, 4) is 34.4 Å². The topological polar surface area (TPSA) is 96.2 Å². The van der Waals surface area contributed by atoms with E-state index in [1.165, 1.54) is 0 Å². The number of hydrogen-bond acceptors (Lipinski definition) is 8. The molecule has 3 aromatic rings. The van der Waals surface area contributed by atoms with Gasteiger partial charge < -0.3 is 28.4 Å². The predicted octanol–water partition coefficient (Wildman–Crippen LogP) is 4.11. The van der Waals surface area contributed by atoms with Gasteiger partial charge in [-0.1, -0.05) is 11.2 Å². The van der Waals surface area contributed by atoms with Crippen LogP contribution in [0.4, 0.5) is 0 Å². The molecule has 186 valence electrons. The van der Waals surface area contributed by atoms with Crippen LogP contribution >= 0.6 is 0 Å². The second-order valence-corrected chi connectivity index (χ2v) is 8.16. The fourth-order valence-corrected chi connectivity index (χ4v) is 4.16. The summed E-state index contributed by atoms with van der Waals surface area (Å²) in [7, 11) is 3.16. The normalized spacial score (nSPS) is 15.4. The van der Waals surface area contributed by atoms with Crippen molar-refractivity contribution in [3.63, 3.8) is 0 Å². The number of carbonyl (C=O) groups excluding carboxylic acids is 1. The molecule has 0 saturated carbocycles. The molecule has 2 heterocycles. The van der Waals surface area contributed by atoms with Gasteiger partial charge >= 0.3 is 0 Å². The first-order valence-electron chi connectivity index (χ1n) is 11.8. The van der Waals surface area contributed by atoms with Gasteiger partial charge in [-0.25, -0.2) is 0 Å². The molecule has 1 fully saturated rings. The predicted molar refractivity (Wildman–Crippen MR) is 129 cm³/mol. The maximum atomic E-state index is 12.7.